The highest BCUT2D eigenvalue weighted by Gasteiger charge is 2.30. The Labute approximate surface area is 241 Å². The van der Waals surface area contributed by atoms with Crippen LogP contribution in [-0.2, 0) is 9.53 Å². The molecule has 0 saturated carbocycles. The first-order valence-electron chi connectivity index (χ1n) is 14.2. The average molecular weight is 564 g/mol. The SMILES string of the molecule is CCOC(=O)CCN1CCC(CN2CCC(Nc3cccc(Oc4cccc(Cl)c4)c3)c3cnc(C)nc32)CC1. The van der Waals surface area contributed by atoms with Crippen molar-refractivity contribution in [1.29, 1.82) is 0 Å². The van der Waals surface area contributed by atoms with Crippen LogP contribution in [0.1, 0.15) is 50.0 Å². The number of ether oxygens (including phenoxy) is 2. The molecule has 3 heterocycles. The monoisotopic (exact) mass is 563 g/mol. The normalized spacial score (nSPS) is 17.8. The number of aromatic nitrogens is 2. The van der Waals surface area contributed by atoms with Crippen molar-refractivity contribution in [2.45, 2.75) is 45.6 Å². The standard InChI is InChI=1S/C31H38ClN5O3/c1-3-39-30(38)13-16-36-14-10-23(11-15-36)21-37-17-12-29(28-20-33-22(2)34-31(28)37)35-25-7-5-9-27(19-25)40-26-8-4-6-24(32)18-26/h4-9,18-20,23,29,35H,3,10-17,21H2,1-2H3. The van der Waals surface area contributed by atoms with Gasteiger partial charge in [0.1, 0.15) is 23.1 Å². The Bertz CT molecular complexity index is 1300. The molecule has 1 N–H and O–H groups in total. The maximum absolute atomic E-state index is 11.7. The lowest BCUT2D eigenvalue weighted by Gasteiger charge is -2.39. The lowest BCUT2D eigenvalue weighted by Crippen LogP contribution is -2.42. The minimum Gasteiger partial charge on any atom is -0.466 e. The van der Waals surface area contributed by atoms with Crippen LogP contribution in [0.4, 0.5) is 11.5 Å². The fourth-order valence-electron chi connectivity index (χ4n) is 5.54. The van der Waals surface area contributed by atoms with Crippen LogP contribution in [0, 0.1) is 12.8 Å². The molecule has 1 aromatic heterocycles. The molecule has 9 heteroatoms. The van der Waals surface area contributed by atoms with Gasteiger partial charge in [-0.25, -0.2) is 9.97 Å². The van der Waals surface area contributed by atoms with E-state index in [0.717, 1.165) is 80.6 Å². The minimum absolute atomic E-state index is 0.104. The molecular weight excluding hydrogens is 526 g/mol. The molecule has 1 fully saturated rings. The van der Waals surface area contributed by atoms with E-state index in [1.165, 1.54) is 0 Å². The maximum Gasteiger partial charge on any atom is 0.307 e. The van der Waals surface area contributed by atoms with E-state index in [-0.39, 0.29) is 12.0 Å². The topological polar surface area (TPSA) is 79.8 Å². The van der Waals surface area contributed by atoms with Gasteiger partial charge in [-0.15, -0.1) is 0 Å². The maximum atomic E-state index is 11.7. The molecule has 1 atom stereocenters. The molecule has 0 amide bonds. The Morgan fingerprint density at radius 1 is 1.07 bits per heavy atom. The van der Waals surface area contributed by atoms with E-state index in [1.54, 1.807) is 6.07 Å². The van der Waals surface area contributed by atoms with Gasteiger partial charge < -0.3 is 24.6 Å². The van der Waals surface area contributed by atoms with Crippen molar-refractivity contribution in [3.05, 3.63) is 71.1 Å². The van der Waals surface area contributed by atoms with Gasteiger partial charge in [0.2, 0.25) is 0 Å². The fraction of sp³-hybridized carbons (Fsp3) is 0.452. The summed E-state index contributed by atoms with van der Waals surface area (Å²) in [6.07, 6.45) is 5.65. The molecule has 40 heavy (non-hydrogen) atoms. The van der Waals surface area contributed by atoms with Gasteiger partial charge in [-0.3, -0.25) is 4.79 Å². The summed E-state index contributed by atoms with van der Waals surface area (Å²) in [5, 5.41) is 4.34. The van der Waals surface area contributed by atoms with Gasteiger partial charge in [0.05, 0.1) is 19.1 Å². The van der Waals surface area contributed by atoms with Crippen molar-refractivity contribution in [1.82, 2.24) is 14.9 Å². The van der Waals surface area contributed by atoms with Crippen molar-refractivity contribution >= 4 is 29.1 Å². The van der Waals surface area contributed by atoms with E-state index in [4.69, 9.17) is 26.1 Å². The van der Waals surface area contributed by atoms with Gasteiger partial charge in [-0.2, -0.15) is 0 Å². The van der Waals surface area contributed by atoms with E-state index in [2.05, 4.69) is 26.2 Å². The average Bonchev–Trinajstić information content (AvgIpc) is 2.94. The zero-order chi connectivity index (χ0) is 27.9. The molecule has 1 saturated heterocycles. The zero-order valence-corrected chi connectivity index (χ0v) is 24.1. The predicted octanol–water partition coefficient (Wildman–Crippen LogP) is 6.26. The predicted molar refractivity (Wildman–Crippen MR) is 158 cm³/mol. The number of anilines is 2. The fourth-order valence-corrected chi connectivity index (χ4v) is 5.72. The summed E-state index contributed by atoms with van der Waals surface area (Å²) in [5.41, 5.74) is 2.12. The first kappa shape index (κ1) is 28.2. The highest BCUT2D eigenvalue weighted by molar-refractivity contribution is 6.30. The highest BCUT2D eigenvalue weighted by atomic mass is 35.5. The smallest absolute Gasteiger partial charge is 0.307 e. The number of esters is 1. The molecule has 0 spiro atoms. The van der Waals surface area contributed by atoms with E-state index >= 15 is 0 Å². The summed E-state index contributed by atoms with van der Waals surface area (Å²) in [5.74, 6) is 3.78. The van der Waals surface area contributed by atoms with Gasteiger partial charge in [0, 0.05) is 48.2 Å². The number of likely N-dealkylation sites (tertiary alicyclic amines) is 1. The van der Waals surface area contributed by atoms with Gasteiger partial charge in [-0.1, -0.05) is 23.7 Å². The van der Waals surface area contributed by atoms with Crippen LogP contribution >= 0.6 is 11.6 Å². The molecule has 2 aromatic carbocycles. The minimum atomic E-state index is -0.104. The number of nitrogens with one attached hydrogen (secondary N) is 1. The number of benzene rings is 2. The van der Waals surface area contributed by atoms with Crippen molar-refractivity contribution in [2.24, 2.45) is 5.92 Å². The highest BCUT2D eigenvalue weighted by Crippen LogP contribution is 2.36. The molecule has 0 aliphatic carbocycles. The van der Waals surface area contributed by atoms with Gasteiger partial charge in [0.15, 0.2) is 0 Å². The molecule has 0 radical (unpaired) electrons. The number of halogens is 1. The molecule has 8 nitrogen and oxygen atoms in total. The Morgan fingerprint density at radius 2 is 1.85 bits per heavy atom. The summed E-state index contributed by atoms with van der Waals surface area (Å²) in [7, 11) is 0. The molecule has 212 valence electrons. The Balaban J connectivity index is 1.20. The molecule has 2 aliphatic heterocycles. The Kier molecular flexibility index (Phi) is 9.39. The number of hydrogen-bond acceptors (Lipinski definition) is 8. The lowest BCUT2D eigenvalue weighted by atomic mass is 9.93. The quantitative estimate of drug-likeness (QED) is 0.290. The first-order chi connectivity index (χ1) is 19.5. The summed E-state index contributed by atoms with van der Waals surface area (Å²) >= 11 is 6.12. The van der Waals surface area contributed by atoms with Gasteiger partial charge in [0.25, 0.3) is 0 Å². The van der Waals surface area contributed by atoms with E-state index in [0.29, 0.717) is 29.7 Å². The van der Waals surface area contributed by atoms with Crippen molar-refractivity contribution in [3.63, 3.8) is 0 Å². The second-order valence-corrected chi connectivity index (χ2v) is 11.0. The number of carbonyl (C=O) groups is 1. The van der Waals surface area contributed by atoms with Crippen LogP contribution in [0.25, 0.3) is 0 Å². The third-order valence-electron chi connectivity index (χ3n) is 7.61. The number of nitrogens with zero attached hydrogens (tertiary/aromatic N) is 4. The number of aryl methyl sites for hydroxylation is 1. The summed E-state index contributed by atoms with van der Waals surface area (Å²) in [4.78, 5) is 26.0. The summed E-state index contributed by atoms with van der Waals surface area (Å²) in [6.45, 7) is 8.99. The molecule has 5 rings (SSSR count). The largest absolute Gasteiger partial charge is 0.466 e. The van der Waals surface area contributed by atoms with Gasteiger partial charge in [-0.05, 0) is 82.4 Å². The molecular formula is C31H38ClN5O3. The van der Waals surface area contributed by atoms with Crippen molar-refractivity contribution in [3.8, 4) is 11.5 Å². The van der Waals surface area contributed by atoms with Crippen LogP contribution in [0.3, 0.4) is 0 Å². The first-order valence-corrected chi connectivity index (χ1v) is 14.6. The number of piperidine rings is 1. The third kappa shape index (κ3) is 7.43. The van der Waals surface area contributed by atoms with E-state index < -0.39 is 0 Å². The van der Waals surface area contributed by atoms with E-state index in [9.17, 15) is 4.79 Å². The van der Waals surface area contributed by atoms with Crippen molar-refractivity contribution < 1.29 is 14.3 Å². The van der Waals surface area contributed by atoms with Crippen LogP contribution < -0.4 is 15.0 Å². The third-order valence-corrected chi connectivity index (χ3v) is 7.84. The molecule has 2 aliphatic rings. The number of carbonyl (C=O) groups excluding carboxylic acids is 1. The van der Waals surface area contributed by atoms with Gasteiger partial charge >= 0.3 is 5.97 Å². The van der Waals surface area contributed by atoms with Crippen LogP contribution in [-0.4, -0.2) is 60.2 Å². The second kappa shape index (κ2) is 13.3. The van der Waals surface area contributed by atoms with Crippen molar-refractivity contribution in [2.75, 3.05) is 49.5 Å². The lowest BCUT2D eigenvalue weighted by molar-refractivity contribution is -0.143. The number of hydrogen-bond donors (Lipinski definition) is 1. The van der Waals surface area contributed by atoms with E-state index in [1.807, 2.05) is 56.4 Å². The molecule has 0 bridgehead atoms. The van der Waals surface area contributed by atoms with Crippen LogP contribution in [0.5, 0.6) is 11.5 Å². The van der Waals surface area contributed by atoms with Crippen LogP contribution in [0.15, 0.2) is 54.7 Å². The summed E-state index contributed by atoms with van der Waals surface area (Å²) < 4.78 is 11.1. The zero-order valence-electron chi connectivity index (χ0n) is 23.3. The number of rotatable bonds is 10. The second-order valence-electron chi connectivity index (χ2n) is 10.6. The molecule has 1 unspecified atom stereocenters. The molecule has 3 aromatic rings. The Hall–Kier alpha value is -3.36. The number of fused-ring (bicyclic) bond motifs is 1. The van der Waals surface area contributed by atoms with Crippen LogP contribution in [0.2, 0.25) is 5.02 Å². The Morgan fingerprint density at radius 3 is 2.62 bits per heavy atom. The summed E-state index contributed by atoms with van der Waals surface area (Å²) in [6, 6.07) is 15.5.